The van der Waals surface area contributed by atoms with Gasteiger partial charge in [0.1, 0.15) is 24.1 Å². The molecule has 0 radical (unpaired) electrons. The summed E-state index contributed by atoms with van der Waals surface area (Å²) < 4.78 is 90.5. The quantitative estimate of drug-likeness (QED) is 0.0123. The van der Waals surface area contributed by atoms with Crippen molar-refractivity contribution < 1.29 is 107 Å². The Kier molecular flexibility index (Phi) is 38.7. The minimum absolute atomic E-state index is 0.0265. The van der Waals surface area contributed by atoms with Gasteiger partial charge in [-0.2, -0.15) is 31.0 Å². The maximum atomic E-state index is 14.3. The van der Waals surface area contributed by atoms with Gasteiger partial charge >= 0.3 is 52.3 Å². The minimum Gasteiger partial charge on any atom is -0.489 e. The fourth-order valence-corrected chi connectivity index (χ4v) is 13.5. The molecular formula is C77H98N5O22S3+. The number of aliphatic carboxylic acids is 3. The first-order valence-corrected chi connectivity index (χ1v) is 38.8. The number of urea groups is 1. The molecule has 0 aromatic heterocycles. The summed E-state index contributed by atoms with van der Waals surface area (Å²) in [6, 6.07) is 30.1. The number of fused-ring (bicyclic) bond motifs is 2. The molecule has 3 amide bonds. The minimum atomic E-state index is -4.12. The number of amides is 3. The number of anilines is 1. The SMILES string of the molecule is CCCCCN1C(=CC=C2OCCC(C=CC3=[N+](CCCCS(=O)(=O)O)c4ccccc4C3(C)C)=C2Oc2ccc(C[C@H](CC(=O)[C@H](Cc3ccccc3)NC(=O)CCCCCCCCC(=O)CC[C@H](NC(=O)NCCCC(=O)O)C(=O)O)C(=O)O)cc2)C(C)(C)c2ccccc21.O=C=O.O=S(=O)=O.O=S=O. The molecule has 7 rings (SSSR count). The maximum absolute atomic E-state index is 14.3. The lowest BCUT2D eigenvalue weighted by molar-refractivity contribution is -0.438. The number of carboxylic acids is 3. The number of para-hydroxylation sites is 2. The summed E-state index contributed by atoms with van der Waals surface area (Å²) in [5.74, 6) is -4.22. The van der Waals surface area contributed by atoms with E-state index in [-0.39, 0.29) is 93.3 Å². The van der Waals surface area contributed by atoms with Crippen LogP contribution in [0.5, 0.6) is 5.75 Å². The van der Waals surface area contributed by atoms with Crippen LogP contribution in [0.15, 0.2) is 150 Å². The van der Waals surface area contributed by atoms with Gasteiger partial charge in [-0.15, -0.1) is 12.6 Å². The number of carbonyl (C=O) groups is 7. The second-order valence-electron chi connectivity index (χ2n) is 26.9. The fraction of sp³-hybridized carbons (Fsp3) is 0.468. The molecule has 3 atom stereocenters. The lowest BCUT2D eigenvalue weighted by Gasteiger charge is -2.27. The van der Waals surface area contributed by atoms with Gasteiger partial charge in [-0.25, -0.2) is 9.59 Å². The van der Waals surface area contributed by atoms with E-state index in [0.29, 0.717) is 68.1 Å². The predicted molar refractivity (Wildman–Crippen MR) is 397 cm³/mol. The second kappa shape index (κ2) is 46.3. The number of carboxylic acid groups (broad SMARTS) is 3. The Bertz CT molecular complexity index is 4140. The van der Waals surface area contributed by atoms with Crippen LogP contribution in [0, 0.1) is 5.92 Å². The van der Waals surface area contributed by atoms with Gasteiger partial charge in [0.15, 0.2) is 23.0 Å². The molecule has 0 saturated carbocycles. The number of carbonyl (C=O) groups excluding carboxylic acids is 6. The zero-order valence-corrected chi connectivity index (χ0v) is 63.4. The molecule has 4 aromatic carbocycles. The zero-order valence-electron chi connectivity index (χ0n) is 61.0. The molecule has 0 bridgehead atoms. The summed E-state index contributed by atoms with van der Waals surface area (Å²) in [7, 11) is -7.23. The van der Waals surface area contributed by atoms with Crippen molar-refractivity contribution in [2.45, 2.75) is 192 Å². The van der Waals surface area contributed by atoms with Crippen LogP contribution in [-0.4, -0.2) is 151 Å². The summed E-state index contributed by atoms with van der Waals surface area (Å²) in [5, 5.41) is 36.6. The van der Waals surface area contributed by atoms with E-state index in [4.69, 9.17) is 45.2 Å². The van der Waals surface area contributed by atoms with Crippen LogP contribution in [0.25, 0.3) is 0 Å². The Morgan fingerprint density at radius 3 is 1.93 bits per heavy atom. The number of hydrogen-bond donors (Lipinski definition) is 7. The van der Waals surface area contributed by atoms with Gasteiger partial charge in [0.05, 0.1) is 29.7 Å². The standard InChI is InChI=1S/C76H97N5O15S.CO2.O3S.O2S/c1-6-7-21-46-80-63-30-19-18-29-60(63)76(4,5)68(80)43-41-66-71(55(44-48-95-66)36-42-67-75(2,3)59-28-17-20-31-64(59)81(67)47-22-23-49-97(92,93)94)96-58-38-34-54(35-39-58)50-56(72(87)88)52-65(83)62(51-53-25-13-12-14-26-53)78-69(84)32-16-11-9-8-10-15-27-57(82)37-40-61(73(89)90)79-74(91)77-45-24-33-70(85)86;2-1-3;1-4(2)3;1-3-2/h12-14,17-20,25-26,28-31,34-36,38-39,41-43,56,61-62H,6-11,15-16,21-24,27,32-33,37,40,44-52H2,1-5H3,(H6-,77,78,79,84,85,86,87,88,89,90,91,92,93,94);;;/p+1/t56-,61+,62+;;;/m1.../s1. The van der Waals surface area contributed by atoms with Crippen molar-refractivity contribution in [2.75, 3.05) is 36.9 Å². The smallest absolute Gasteiger partial charge is 0.425 e. The third-order valence-electron chi connectivity index (χ3n) is 18.3. The summed E-state index contributed by atoms with van der Waals surface area (Å²) in [5.41, 5.74) is 8.31. The Balaban J connectivity index is 0.00000228. The van der Waals surface area contributed by atoms with Gasteiger partial charge in [0.2, 0.25) is 11.6 Å². The lowest BCUT2D eigenvalue weighted by atomic mass is 9.81. The molecule has 30 heteroatoms. The number of ketones is 2. The first kappa shape index (κ1) is 89.5. The molecule has 0 unspecified atom stereocenters. The van der Waals surface area contributed by atoms with E-state index in [1.807, 2.05) is 48.5 Å². The Morgan fingerprint density at radius 1 is 0.692 bits per heavy atom. The number of benzene rings is 4. The van der Waals surface area contributed by atoms with Crippen molar-refractivity contribution in [3.8, 4) is 5.75 Å². The average Bonchev–Trinajstić information content (AvgIpc) is 1.60. The number of hydrogen-bond acceptors (Lipinski definition) is 19. The molecule has 0 spiro atoms. The molecule has 7 N–H and O–H groups in total. The van der Waals surface area contributed by atoms with E-state index in [2.05, 4.69) is 115 Å². The number of nitrogens with one attached hydrogen (secondary N) is 3. The normalized spacial score (nSPS) is 15.4. The Labute approximate surface area is 629 Å². The molecule has 27 nitrogen and oxygen atoms in total. The Morgan fingerprint density at radius 2 is 1.30 bits per heavy atom. The van der Waals surface area contributed by atoms with Crippen molar-refractivity contribution >= 4 is 96.9 Å². The molecule has 3 heterocycles. The van der Waals surface area contributed by atoms with Gasteiger partial charge in [-0.05, 0) is 118 Å². The van der Waals surface area contributed by atoms with Gasteiger partial charge in [-0.3, -0.25) is 28.5 Å². The molecule has 3 aliphatic rings. The topological polar surface area (TPSA) is 415 Å². The van der Waals surface area contributed by atoms with E-state index in [9.17, 15) is 56.7 Å². The van der Waals surface area contributed by atoms with Crippen LogP contribution in [0.1, 0.15) is 179 Å². The van der Waals surface area contributed by atoms with E-state index < -0.39 is 85.4 Å². The summed E-state index contributed by atoms with van der Waals surface area (Å²) in [6.07, 6.45) is 17.5. The second-order valence-corrected chi connectivity index (χ2v) is 29.0. The molecule has 3 aliphatic heterocycles. The van der Waals surface area contributed by atoms with Crippen molar-refractivity contribution in [3.05, 3.63) is 172 Å². The van der Waals surface area contributed by atoms with Gasteiger partial charge in [0.25, 0.3) is 10.1 Å². The van der Waals surface area contributed by atoms with Crippen molar-refractivity contribution in [1.29, 1.82) is 0 Å². The van der Waals surface area contributed by atoms with Crippen molar-refractivity contribution in [2.24, 2.45) is 5.92 Å². The third-order valence-corrected chi connectivity index (χ3v) is 19.1. The number of allylic oxidation sites excluding steroid dienone is 5. The number of rotatable bonds is 41. The Hall–Kier alpha value is -9.87. The van der Waals surface area contributed by atoms with Crippen LogP contribution in [0.3, 0.4) is 0 Å². The lowest BCUT2D eigenvalue weighted by Crippen LogP contribution is -2.46. The third kappa shape index (κ3) is 30.9. The molecular weight excluding hydrogens is 1440 g/mol. The first-order valence-electron chi connectivity index (χ1n) is 35.5. The first-order chi connectivity index (χ1) is 50.9. The van der Waals surface area contributed by atoms with Crippen LogP contribution in [0.2, 0.25) is 0 Å². The maximum Gasteiger partial charge on any atom is 0.425 e. The van der Waals surface area contributed by atoms with E-state index in [1.54, 1.807) is 24.3 Å². The highest BCUT2D eigenvalue weighted by Crippen LogP contribution is 2.48. The summed E-state index contributed by atoms with van der Waals surface area (Å²) >= 11 is -0.750. The van der Waals surface area contributed by atoms with Crippen molar-refractivity contribution in [1.82, 2.24) is 16.0 Å². The largest absolute Gasteiger partial charge is 0.489 e. The van der Waals surface area contributed by atoms with Gasteiger partial charge in [-0.1, -0.05) is 138 Å². The number of ether oxygens (including phenoxy) is 2. The fourth-order valence-electron chi connectivity index (χ4n) is 12.9. The highest BCUT2D eigenvalue weighted by molar-refractivity contribution is 7.85. The highest BCUT2D eigenvalue weighted by atomic mass is 32.2. The average molecular weight is 1540 g/mol. The van der Waals surface area contributed by atoms with Crippen molar-refractivity contribution in [3.63, 3.8) is 0 Å². The number of unbranched alkanes of at least 4 members (excludes halogenated alkanes) is 8. The van der Waals surface area contributed by atoms with Gasteiger partial charge < -0.3 is 45.6 Å². The summed E-state index contributed by atoms with van der Waals surface area (Å²) in [4.78, 5) is 106. The summed E-state index contributed by atoms with van der Waals surface area (Å²) in [6.45, 7) is 12.8. The highest BCUT2D eigenvalue weighted by Gasteiger charge is 2.44. The monoisotopic (exact) mass is 1540 g/mol. The molecule has 0 saturated heterocycles. The number of nitrogens with zero attached hydrogens (tertiary/aromatic N) is 2. The predicted octanol–water partition coefficient (Wildman–Crippen LogP) is 10.6. The molecule has 107 heavy (non-hydrogen) atoms. The van der Waals surface area contributed by atoms with E-state index in [0.717, 1.165) is 85.3 Å². The molecule has 0 aliphatic carbocycles. The van der Waals surface area contributed by atoms with E-state index in [1.165, 1.54) is 11.3 Å². The molecule has 0 fully saturated rings. The van der Waals surface area contributed by atoms with Crippen LogP contribution in [-0.2, 0) is 99.1 Å². The van der Waals surface area contributed by atoms with E-state index >= 15 is 0 Å². The van der Waals surface area contributed by atoms with Gasteiger partial charge in [0, 0.05) is 98.1 Å². The van der Waals surface area contributed by atoms with Crippen LogP contribution >= 0.6 is 0 Å². The number of Topliss-reactive ketones (excluding diaryl/α,β-unsaturated/α-hetero) is 2. The molecule has 580 valence electrons. The van der Waals surface area contributed by atoms with Crippen LogP contribution in [0.4, 0.5) is 16.2 Å². The van der Waals surface area contributed by atoms with Crippen LogP contribution < -0.4 is 25.6 Å². The molecule has 4 aromatic rings. The zero-order chi connectivity index (χ0) is 79.1.